The van der Waals surface area contributed by atoms with Gasteiger partial charge in [-0.1, -0.05) is 87.6 Å². The number of imide groups is 1. The lowest BCUT2D eigenvalue weighted by Gasteiger charge is -2.39. The van der Waals surface area contributed by atoms with Gasteiger partial charge in [0.15, 0.2) is 0 Å². The molecule has 1 aliphatic rings. The van der Waals surface area contributed by atoms with Gasteiger partial charge >= 0.3 is 6.03 Å². The van der Waals surface area contributed by atoms with Crippen LogP contribution in [0.5, 0.6) is 0 Å². The first-order valence-electron chi connectivity index (χ1n) is 10.4. The number of urea groups is 1. The minimum Gasteiger partial charge on any atom is -0.351 e. The van der Waals surface area contributed by atoms with Crippen LogP contribution >= 0.6 is 0 Å². The maximum atomic E-state index is 13.8. The van der Waals surface area contributed by atoms with Crippen LogP contribution in [0, 0.1) is 5.41 Å². The normalized spacial score (nSPS) is 15.8. The fourth-order valence-corrected chi connectivity index (χ4v) is 4.41. The van der Waals surface area contributed by atoms with Crippen molar-refractivity contribution in [2.45, 2.75) is 58.3 Å². The van der Waals surface area contributed by atoms with Gasteiger partial charge < -0.3 is 5.73 Å². The summed E-state index contributed by atoms with van der Waals surface area (Å²) < 4.78 is 0. The highest BCUT2D eigenvalue weighted by atomic mass is 16.2. The molecule has 1 aliphatic carbocycles. The molecule has 0 heterocycles. The van der Waals surface area contributed by atoms with Crippen LogP contribution < -0.4 is 10.6 Å². The number of nitrogens with zero attached hydrogens (tertiary/aromatic N) is 1. The smallest absolute Gasteiger partial charge is 0.326 e. The van der Waals surface area contributed by atoms with Crippen molar-refractivity contribution < 1.29 is 9.59 Å². The Hall–Kier alpha value is -2.62. The van der Waals surface area contributed by atoms with Crippen LogP contribution in [0.1, 0.15) is 58.3 Å². The maximum absolute atomic E-state index is 13.8. The standard InChI is InChI=1S/C24H30N2O2/c1-2-3-16-24(17-10-5-11-18-24)22(27)26(23(25)28)21-15-9-8-14-20(21)19-12-6-4-7-13-19/h4,6-9,12-15H,2-3,5,10-11,16-18H2,1H3,(H2,25,28). The average molecular weight is 379 g/mol. The van der Waals surface area contributed by atoms with Gasteiger partial charge in [-0.05, 0) is 30.9 Å². The van der Waals surface area contributed by atoms with E-state index in [2.05, 4.69) is 6.92 Å². The molecular formula is C24H30N2O2. The van der Waals surface area contributed by atoms with Gasteiger partial charge in [0.05, 0.1) is 11.1 Å². The molecule has 2 aromatic rings. The van der Waals surface area contributed by atoms with E-state index in [-0.39, 0.29) is 5.91 Å². The SMILES string of the molecule is CCCCC1(C(=O)N(C(N)=O)c2ccccc2-c2ccccc2)CCCCC1. The van der Waals surface area contributed by atoms with Gasteiger partial charge in [-0.3, -0.25) is 4.79 Å². The monoisotopic (exact) mass is 378 g/mol. The zero-order valence-corrected chi connectivity index (χ0v) is 16.7. The topological polar surface area (TPSA) is 63.4 Å². The molecule has 0 aromatic heterocycles. The Morgan fingerprint density at radius 3 is 2.25 bits per heavy atom. The summed E-state index contributed by atoms with van der Waals surface area (Å²) in [4.78, 5) is 27.5. The largest absolute Gasteiger partial charge is 0.351 e. The van der Waals surface area contributed by atoms with Gasteiger partial charge in [0, 0.05) is 5.56 Å². The predicted molar refractivity (Wildman–Crippen MR) is 114 cm³/mol. The zero-order valence-electron chi connectivity index (χ0n) is 16.7. The van der Waals surface area contributed by atoms with Gasteiger partial charge in [-0.25, -0.2) is 9.69 Å². The Kier molecular flexibility index (Phi) is 6.50. The lowest BCUT2D eigenvalue weighted by molar-refractivity contribution is -0.129. The van der Waals surface area contributed by atoms with E-state index < -0.39 is 11.4 Å². The third-order valence-electron chi connectivity index (χ3n) is 5.93. The van der Waals surface area contributed by atoms with Crippen molar-refractivity contribution >= 4 is 17.6 Å². The van der Waals surface area contributed by atoms with E-state index in [0.717, 1.165) is 62.5 Å². The van der Waals surface area contributed by atoms with Gasteiger partial charge in [0.25, 0.3) is 0 Å². The van der Waals surface area contributed by atoms with Crippen LogP contribution in [-0.4, -0.2) is 11.9 Å². The zero-order chi connectivity index (χ0) is 20.0. The van der Waals surface area contributed by atoms with E-state index in [9.17, 15) is 9.59 Å². The van der Waals surface area contributed by atoms with Crippen LogP contribution in [0.25, 0.3) is 11.1 Å². The van der Waals surface area contributed by atoms with E-state index in [1.165, 1.54) is 4.90 Å². The lowest BCUT2D eigenvalue weighted by Crippen LogP contribution is -2.50. The molecule has 2 aromatic carbocycles. The first-order valence-corrected chi connectivity index (χ1v) is 10.4. The number of benzene rings is 2. The molecule has 3 amide bonds. The number of unbranched alkanes of at least 4 members (excludes halogenated alkanes) is 1. The Morgan fingerprint density at radius 2 is 1.61 bits per heavy atom. The van der Waals surface area contributed by atoms with Gasteiger partial charge in [-0.15, -0.1) is 0 Å². The Bertz CT molecular complexity index is 810. The molecule has 0 bridgehead atoms. The first kappa shape index (κ1) is 20.1. The molecule has 4 heteroatoms. The van der Waals surface area contributed by atoms with Crippen LogP contribution in [0.4, 0.5) is 10.5 Å². The second kappa shape index (κ2) is 9.05. The van der Waals surface area contributed by atoms with Crippen molar-refractivity contribution in [3.63, 3.8) is 0 Å². The molecule has 3 rings (SSSR count). The number of carbonyl (C=O) groups is 2. The molecule has 0 unspecified atom stereocenters. The number of carbonyl (C=O) groups excluding carboxylic acids is 2. The van der Waals surface area contributed by atoms with E-state index >= 15 is 0 Å². The quantitative estimate of drug-likeness (QED) is 0.679. The first-order chi connectivity index (χ1) is 13.6. The third-order valence-corrected chi connectivity index (χ3v) is 5.93. The lowest BCUT2D eigenvalue weighted by atomic mass is 9.70. The number of amides is 3. The van der Waals surface area contributed by atoms with Crippen molar-refractivity contribution in [1.82, 2.24) is 0 Å². The highest BCUT2D eigenvalue weighted by Gasteiger charge is 2.43. The summed E-state index contributed by atoms with van der Waals surface area (Å²) in [5, 5.41) is 0. The molecule has 0 aliphatic heterocycles. The number of anilines is 1. The van der Waals surface area contributed by atoms with Crippen molar-refractivity contribution in [1.29, 1.82) is 0 Å². The van der Waals surface area contributed by atoms with Crippen molar-refractivity contribution in [2.75, 3.05) is 4.90 Å². The molecule has 0 spiro atoms. The molecule has 4 nitrogen and oxygen atoms in total. The molecule has 148 valence electrons. The second-order valence-corrected chi connectivity index (χ2v) is 7.81. The number of hydrogen-bond acceptors (Lipinski definition) is 2. The highest BCUT2D eigenvalue weighted by Crippen LogP contribution is 2.44. The fourth-order valence-electron chi connectivity index (χ4n) is 4.41. The molecule has 1 saturated carbocycles. The average Bonchev–Trinajstić information content (AvgIpc) is 2.74. The van der Waals surface area contributed by atoms with E-state index in [1.54, 1.807) is 0 Å². The number of rotatable bonds is 6. The molecule has 0 radical (unpaired) electrons. The van der Waals surface area contributed by atoms with Crippen molar-refractivity contribution in [3.05, 3.63) is 54.6 Å². The maximum Gasteiger partial charge on any atom is 0.326 e. The second-order valence-electron chi connectivity index (χ2n) is 7.81. The molecule has 2 N–H and O–H groups in total. The van der Waals surface area contributed by atoms with E-state index in [0.29, 0.717) is 5.69 Å². The van der Waals surface area contributed by atoms with Crippen LogP contribution in [-0.2, 0) is 4.79 Å². The summed E-state index contributed by atoms with van der Waals surface area (Å²) >= 11 is 0. The number of para-hydroxylation sites is 1. The van der Waals surface area contributed by atoms with Gasteiger partial charge in [0.2, 0.25) is 5.91 Å². The number of nitrogens with two attached hydrogens (primary N) is 1. The molecule has 0 saturated heterocycles. The molecule has 1 fully saturated rings. The summed E-state index contributed by atoms with van der Waals surface area (Å²) in [6, 6.07) is 16.6. The summed E-state index contributed by atoms with van der Waals surface area (Å²) in [7, 11) is 0. The summed E-state index contributed by atoms with van der Waals surface area (Å²) in [5.74, 6) is -0.128. The number of primary amides is 1. The van der Waals surface area contributed by atoms with Crippen LogP contribution in [0.2, 0.25) is 0 Å². The summed E-state index contributed by atoms with van der Waals surface area (Å²) in [6.45, 7) is 2.14. The van der Waals surface area contributed by atoms with Crippen LogP contribution in [0.3, 0.4) is 0 Å². The highest BCUT2D eigenvalue weighted by molar-refractivity contribution is 6.17. The van der Waals surface area contributed by atoms with Gasteiger partial charge in [-0.2, -0.15) is 0 Å². The fraction of sp³-hybridized carbons (Fsp3) is 0.417. The summed E-state index contributed by atoms with van der Waals surface area (Å²) in [5.41, 5.74) is 7.68. The van der Waals surface area contributed by atoms with E-state index in [1.807, 2.05) is 54.6 Å². The van der Waals surface area contributed by atoms with Gasteiger partial charge in [0.1, 0.15) is 0 Å². The van der Waals surface area contributed by atoms with Crippen LogP contribution in [0.15, 0.2) is 54.6 Å². The van der Waals surface area contributed by atoms with Crippen molar-refractivity contribution in [2.24, 2.45) is 11.1 Å². The Balaban J connectivity index is 2.05. The molecule has 28 heavy (non-hydrogen) atoms. The number of hydrogen-bond donors (Lipinski definition) is 1. The Labute approximate surface area is 167 Å². The predicted octanol–water partition coefficient (Wildman–Crippen LogP) is 5.91. The Morgan fingerprint density at radius 1 is 0.964 bits per heavy atom. The minimum absolute atomic E-state index is 0.128. The van der Waals surface area contributed by atoms with E-state index in [4.69, 9.17) is 5.73 Å². The molecule has 0 atom stereocenters. The minimum atomic E-state index is -0.699. The third kappa shape index (κ3) is 4.11. The van der Waals surface area contributed by atoms with Crippen molar-refractivity contribution in [3.8, 4) is 11.1 Å². The molecular weight excluding hydrogens is 348 g/mol. The summed E-state index contributed by atoms with van der Waals surface area (Å²) in [6.07, 6.45) is 7.72.